The van der Waals surface area contributed by atoms with Crippen LogP contribution in [0.1, 0.15) is 12.5 Å². The molecule has 1 saturated heterocycles. The van der Waals surface area contributed by atoms with Gasteiger partial charge in [-0.15, -0.1) is 0 Å². The molecule has 0 spiro atoms. The molecule has 142 valence electrons. The van der Waals surface area contributed by atoms with Crippen molar-refractivity contribution in [2.24, 2.45) is 4.99 Å². The number of nitrogens with zero attached hydrogens (tertiary/aromatic N) is 5. The molecule has 7 heteroatoms. The van der Waals surface area contributed by atoms with E-state index in [0.29, 0.717) is 6.54 Å². The summed E-state index contributed by atoms with van der Waals surface area (Å²) in [6.07, 6.45) is 1.47. The topological polar surface area (TPSA) is 59.5 Å². The van der Waals surface area contributed by atoms with Gasteiger partial charge >= 0.3 is 6.03 Å². The van der Waals surface area contributed by atoms with E-state index >= 15 is 0 Å². The molecule has 7 nitrogen and oxygen atoms in total. The maximum Gasteiger partial charge on any atom is 0.328 e. The van der Waals surface area contributed by atoms with E-state index < -0.39 is 12.2 Å². The molecule has 0 aromatic heterocycles. The monoisotopic (exact) mass is 375 g/mol. The Morgan fingerprint density at radius 2 is 1.79 bits per heavy atom. The summed E-state index contributed by atoms with van der Waals surface area (Å²) in [7, 11) is 3.22. The van der Waals surface area contributed by atoms with Gasteiger partial charge in [-0.05, 0) is 23.3 Å². The van der Waals surface area contributed by atoms with E-state index in [1.165, 1.54) is 33.2 Å². The molecule has 28 heavy (non-hydrogen) atoms. The highest BCUT2D eigenvalue weighted by atomic mass is 16.2. The third-order valence-electron chi connectivity index (χ3n) is 5.83. The van der Waals surface area contributed by atoms with Crippen molar-refractivity contribution in [2.45, 2.75) is 25.7 Å². The standard InChI is InChI=1S/C21H21N5O2/c1-13-11-26-17-18(23(2)21(28)24(3)19(17)27)22-20(26)25(13)12-15-9-6-8-14-7-4-5-10-16(14)15/h4-11,17-18H,12H2,1-3H3. The van der Waals surface area contributed by atoms with Crippen molar-refractivity contribution >= 4 is 28.7 Å². The number of hydrogen-bond donors (Lipinski definition) is 0. The first kappa shape index (κ1) is 16.8. The molecule has 2 unspecified atom stereocenters. The average molecular weight is 375 g/mol. The van der Waals surface area contributed by atoms with Gasteiger partial charge in [-0.1, -0.05) is 42.5 Å². The Bertz CT molecular complexity index is 1070. The van der Waals surface area contributed by atoms with Gasteiger partial charge in [0.05, 0.1) is 6.54 Å². The second-order valence-electron chi connectivity index (χ2n) is 7.48. The highest BCUT2D eigenvalue weighted by molar-refractivity contribution is 6.04. The average Bonchev–Trinajstić information content (AvgIpc) is 3.21. The van der Waals surface area contributed by atoms with Crippen molar-refractivity contribution in [3.63, 3.8) is 0 Å². The summed E-state index contributed by atoms with van der Waals surface area (Å²) < 4.78 is 0. The number of carbonyl (C=O) groups excluding carboxylic acids is 2. The molecule has 3 amide bonds. The molecule has 5 rings (SSSR count). The van der Waals surface area contributed by atoms with E-state index in [-0.39, 0.29) is 11.9 Å². The minimum Gasteiger partial charge on any atom is -0.310 e. The van der Waals surface area contributed by atoms with Crippen LogP contribution in [0.5, 0.6) is 0 Å². The molecule has 2 atom stereocenters. The molecule has 2 aromatic rings. The van der Waals surface area contributed by atoms with Crippen LogP contribution in [0.4, 0.5) is 4.79 Å². The Balaban J connectivity index is 1.52. The first-order valence-electron chi connectivity index (χ1n) is 9.30. The van der Waals surface area contributed by atoms with E-state index in [9.17, 15) is 9.59 Å². The molecule has 3 heterocycles. The van der Waals surface area contributed by atoms with Gasteiger partial charge in [-0.25, -0.2) is 9.79 Å². The Hall–Kier alpha value is -3.35. The molecule has 0 aliphatic carbocycles. The molecule has 0 N–H and O–H groups in total. The number of carbonyl (C=O) groups is 2. The number of allylic oxidation sites excluding steroid dienone is 1. The van der Waals surface area contributed by atoms with Crippen molar-refractivity contribution in [1.29, 1.82) is 0 Å². The summed E-state index contributed by atoms with van der Waals surface area (Å²) in [6, 6.07) is 13.8. The lowest BCUT2D eigenvalue weighted by Gasteiger charge is -2.38. The summed E-state index contributed by atoms with van der Waals surface area (Å²) in [5, 5.41) is 2.40. The van der Waals surface area contributed by atoms with E-state index in [4.69, 9.17) is 4.99 Å². The number of rotatable bonds is 2. The minimum atomic E-state index is -0.504. The molecule has 3 aliphatic heterocycles. The number of fused-ring (bicyclic) bond motifs is 4. The Kier molecular flexibility index (Phi) is 3.49. The van der Waals surface area contributed by atoms with Gasteiger partial charge in [0.1, 0.15) is 0 Å². The zero-order chi connectivity index (χ0) is 19.6. The van der Waals surface area contributed by atoms with E-state index in [2.05, 4.69) is 35.2 Å². The number of imide groups is 1. The Morgan fingerprint density at radius 3 is 2.61 bits per heavy atom. The van der Waals surface area contributed by atoms with Crippen LogP contribution in [-0.4, -0.2) is 63.8 Å². The first-order chi connectivity index (χ1) is 13.5. The zero-order valence-corrected chi connectivity index (χ0v) is 16.0. The molecule has 0 radical (unpaired) electrons. The predicted octanol–water partition coefficient (Wildman–Crippen LogP) is 2.41. The van der Waals surface area contributed by atoms with Crippen LogP contribution in [-0.2, 0) is 11.3 Å². The lowest BCUT2D eigenvalue weighted by atomic mass is 10.0. The van der Waals surface area contributed by atoms with Crippen LogP contribution in [0.3, 0.4) is 0 Å². The lowest BCUT2D eigenvalue weighted by Crippen LogP contribution is -2.63. The van der Waals surface area contributed by atoms with Gasteiger partial charge in [0.25, 0.3) is 5.91 Å². The third-order valence-corrected chi connectivity index (χ3v) is 5.83. The molecule has 1 fully saturated rings. The number of hydrogen-bond acceptors (Lipinski definition) is 5. The number of benzene rings is 2. The minimum absolute atomic E-state index is 0.220. The number of amides is 3. The SMILES string of the molecule is CC1=CN2C(=NC3C2C(=O)N(C)C(=O)N3C)N1Cc1cccc2ccccc12. The first-order valence-corrected chi connectivity index (χ1v) is 9.30. The van der Waals surface area contributed by atoms with Gasteiger partial charge in [-0.3, -0.25) is 9.69 Å². The third kappa shape index (κ3) is 2.19. The normalized spacial score (nSPS) is 24.0. The second-order valence-corrected chi connectivity index (χ2v) is 7.48. The van der Waals surface area contributed by atoms with E-state index in [1.807, 2.05) is 30.2 Å². The highest BCUT2D eigenvalue weighted by Gasteiger charge is 2.53. The van der Waals surface area contributed by atoms with Crippen molar-refractivity contribution in [2.75, 3.05) is 14.1 Å². The fourth-order valence-electron chi connectivity index (χ4n) is 4.28. The zero-order valence-electron chi connectivity index (χ0n) is 16.0. The van der Waals surface area contributed by atoms with Crippen LogP contribution < -0.4 is 0 Å². The maximum absolute atomic E-state index is 12.8. The van der Waals surface area contributed by atoms with Crippen LogP contribution in [0.25, 0.3) is 10.8 Å². The molecular weight excluding hydrogens is 354 g/mol. The molecular formula is C21H21N5O2. The van der Waals surface area contributed by atoms with Crippen molar-refractivity contribution in [1.82, 2.24) is 19.6 Å². The van der Waals surface area contributed by atoms with Gasteiger partial charge in [0.2, 0.25) is 5.96 Å². The van der Waals surface area contributed by atoms with Crippen molar-refractivity contribution in [3.8, 4) is 0 Å². The van der Waals surface area contributed by atoms with Crippen LogP contribution in [0, 0.1) is 0 Å². The number of likely N-dealkylation sites (N-methyl/N-ethyl adjacent to an activating group) is 2. The number of aliphatic imine (C=N–C) groups is 1. The predicted molar refractivity (Wildman–Crippen MR) is 106 cm³/mol. The van der Waals surface area contributed by atoms with Crippen LogP contribution in [0.15, 0.2) is 59.4 Å². The van der Waals surface area contributed by atoms with Gasteiger partial charge in [0, 0.05) is 26.0 Å². The van der Waals surface area contributed by atoms with Crippen molar-refractivity contribution in [3.05, 3.63) is 59.9 Å². The summed E-state index contributed by atoms with van der Waals surface area (Å²) in [5.74, 6) is 0.506. The summed E-state index contributed by atoms with van der Waals surface area (Å²) in [6.45, 7) is 2.67. The van der Waals surface area contributed by atoms with Crippen LogP contribution in [0.2, 0.25) is 0 Å². The lowest BCUT2D eigenvalue weighted by molar-refractivity contribution is -0.135. The van der Waals surface area contributed by atoms with Crippen molar-refractivity contribution < 1.29 is 9.59 Å². The number of guanidine groups is 1. The molecule has 0 saturated carbocycles. The van der Waals surface area contributed by atoms with Crippen LogP contribution >= 0.6 is 0 Å². The second kappa shape index (κ2) is 5.82. The summed E-state index contributed by atoms with van der Waals surface area (Å²) >= 11 is 0. The highest BCUT2D eigenvalue weighted by Crippen LogP contribution is 2.35. The van der Waals surface area contributed by atoms with E-state index in [0.717, 1.165) is 11.7 Å². The fourth-order valence-corrected chi connectivity index (χ4v) is 4.28. The largest absolute Gasteiger partial charge is 0.328 e. The smallest absolute Gasteiger partial charge is 0.310 e. The van der Waals surface area contributed by atoms with E-state index in [1.54, 1.807) is 7.05 Å². The summed E-state index contributed by atoms with van der Waals surface area (Å²) in [4.78, 5) is 36.6. The Labute approximate surface area is 163 Å². The Morgan fingerprint density at radius 1 is 1.04 bits per heavy atom. The maximum atomic E-state index is 12.8. The fraction of sp³-hybridized carbons (Fsp3) is 0.286. The summed E-state index contributed by atoms with van der Waals surface area (Å²) in [5.41, 5.74) is 2.22. The number of urea groups is 1. The quantitative estimate of drug-likeness (QED) is 0.809. The molecule has 0 bridgehead atoms. The van der Waals surface area contributed by atoms with Gasteiger partial charge < -0.3 is 14.7 Å². The van der Waals surface area contributed by atoms with Gasteiger partial charge in [0.15, 0.2) is 12.2 Å². The van der Waals surface area contributed by atoms with Gasteiger partial charge in [-0.2, -0.15) is 0 Å². The molecule has 2 aromatic carbocycles. The molecule has 3 aliphatic rings.